The predicted octanol–water partition coefficient (Wildman–Crippen LogP) is 2.94. The van der Waals surface area contributed by atoms with Crippen molar-refractivity contribution in [1.29, 1.82) is 0 Å². The highest BCUT2D eigenvalue weighted by Gasteiger charge is 2.36. The Labute approximate surface area is 131 Å². The first-order chi connectivity index (χ1) is 10.5. The zero-order chi connectivity index (χ0) is 16.6. The number of nitro benzene ring substituents is 1. The van der Waals surface area contributed by atoms with Gasteiger partial charge in [-0.25, -0.2) is 0 Å². The molecular weight excluding hydrogens is 306 g/mol. The van der Waals surface area contributed by atoms with Crippen LogP contribution in [-0.4, -0.2) is 41.7 Å². The SMILES string of the molecule is CO[Si](CCCOC(C)c1ccccc1[N+](=O)[O-])(OC)OC. The molecule has 0 bridgehead atoms. The summed E-state index contributed by atoms with van der Waals surface area (Å²) in [6.45, 7) is 2.24. The van der Waals surface area contributed by atoms with E-state index < -0.39 is 13.7 Å². The molecule has 124 valence electrons. The number of ether oxygens (including phenoxy) is 1. The molecule has 22 heavy (non-hydrogen) atoms. The van der Waals surface area contributed by atoms with Crippen LogP contribution in [0.2, 0.25) is 6.04 Å². The van der Waals surface area contributed by atoms with Crippen LogP contribution in [0.25, 0.3) is 0 Å². The Bertz CT molecular complexity index is 472. The summed E-state index contributed by atoms with van der Waals surface area (Å²) in [5.74, 6) is 0. The van der Waals surface area contributed by atoms with E-state index in [0.29, 0.717) is 24.6 Å². The molecule has 1 atom stereocenters. The smallest absolute Gasteiger partial charge is 0.377 e. The van der Waals surface area contributed by atoms with E-state index in [2.05, 4.69) is 0 Å². The van der Waals surface area contributed by atoms with Crippen LogP contribution < -0.4 is 0 Å². The Morgan fingerprint density at radius 2 is 1.77 bits per heavy atom. The lowest BCUT2D eigenvalue weighted by atomic mass is 10.1. The van der Waals surface area contributed by atoms with E-state index in [9.17, 15) is 10.1 Å². The third kappa shape index (κ3) is 4.85. The van der Waals surface area contributed by atoms with Crippen molar-refractivity contribution in [2.45, 2.75) is 25.5 Å². The van der Waals surface area contributed by atoms with Gasteiger partial charge in [-0.2, -0.15) is 0 Å². The number of hydrogen-bond acceptors (Lipinski definition) is 6. The molecule has 0 fully saturated rings. The molecule has 8 heteroatoms. The van der Waals surface area contributed by atoms with Gasteiger partial charge in [-0.05, 0) is 19.4 Å². The number of rotatable bonds is 10. The van der Waals surface area contributed by atoms with Crippen molar-refractivity contribution in [3.8, 4) is 0 Å². The fraction of sp³-hybridized carbons (Fsp3) is 0.571. The molecule has 0 aliphatic heterocycles. The maximum Gasteiger partial charge on any atom is 0.500 e. The molecule has 7 nitrogen and oxygen atoms in total. The van der Waals surface area contributed by atoms with Crippen LogP contribution in [0, 0.1) is 10.1 Å². The van der Waals surface area contributed by atoms with Crippen molar-refractivity contribution in [3.63, 3.8) is 0 Å². The number of benzene rings is 1. The molecule has 1 aromatic rings. The molecule has 0 saturated carbocycles. The average molecular weight is 329 g/mol. The van der Waals surface area contributed by atoms with Crippen molar-refractivity contribution in [2.24, 2.45) is 0 Å². The third-order valence-corrected chi connectivity index (χ3v) is 6.33. The quantitative estimate of drug-likeness (QED) is 0.284. The summed E-state index contributed by atoms with van der Waals surface area (Å²) in [7, 11) is 2.11. The van der Waals surface area contributed by atoms with Crippen molar-refractivity contribution in [3.05, 3.63) is 39.9 Å². The summed E-state index contributed by atoms with van der Waals surface area (Å²) in [5.41, 5.74) is 0.644. The molecule has 0 N–H and O–H groups in total. The van der Waals surface area contributed by atoms with Gasteiger partial charge in [0.05, 0.1) is 16.6 Å². The van der Waals surface area contributed by atoms with Crippen LogP contribution in [0.3, 0.4) is 0 Å². The van der Waals surface area contributed by atoms with Crippen molar-refractivity contribution < 1.29 is 22.9 Å². The molecule has 0 aromatic heterocycles. The molecule has 1 rings (SSSR count). The second-order valence-corrected chi connectivity index (χ2v) is 7.82. The van der Waals surface area contributed by atoms with Gasteiger partial charge in [0, 0.05) is 40.0 Å². The lowest BCUT2D eigenvalue weighted by Crippen LogP contribution is -2.42. The number of nitro groups is 1. The number of hydrogen-bond donors (Lipinski definition) is 0. The molecule has 0 amide bonds. The Morgan fingerprint density at radius 1 is 1.18 bits per heavy atom. The highest BCUT2D eigenvalue weighted by Crippen LogP contribution is 2.27. The summed E-state index contributed by atoms with van der Waals surface area (Å²) in [6, 6.07) is 7.22. The lowest BCUT2D eigenvalue weighted by molar-refractivity contribution is -0.386. The first kappa shape index (κ1) is 18.7. The molecule has 1 aromatic carbocycles. The highest BCUT2D eigenvalue weighted by atomic mass is 28.4. The molecule has 0 spiro atoms. The Kier molecular flexibility index (Phi) is 7.63. The van der Waals surface area contributed by atoms with E-state index in [4.69, 9.17) is 18.0 Å². The van der Waals surface area contributed by atoms with Crippen LogP contribution in [0.1, 0.15) is 25.0 Å². The van der Waals surface area contributed by atoms with E-state index in [1.54, 1.807) is 46.5 Å². The van der Waals surface area contributed by atoms with E-state index in [1.165, 1.54) is 6.07 Å². The largest absolute Gasteiger partial charge is 0.500 e. The van der Waals surface area contributed by atoms with Gasteiger partial charge in [0.2, 0.25) is 0 Å². The second kappa shape index (κ2) is 8.96. The van der Waals surface area contributed by atoms with Crippen LogP contribution in [-0.2, 0) is 18.0 Å². The van der Waals surface area contributed by atoms with E-state index in [1.807, 2.05) is 0 Å². The van der Waals surface area contributed by atoms with Gasteiger partial charge in [0.25, 0.3) is 5.69 Å². The van der Waals surface area contributed by atoms with Crippen molar-refractivity contribution in [1.82, 2.24) is 0 Å². The van der Waals surface area contributed by atoms with Crippen LogP contribution in [0.5, 0.6) is 0 Å². The standard InChI is InChI=1S/C14H23NO6Si/c1-12(13-8-5-6-9-14(13)15(16)17)21-10-7-11-22(18-2,19-3)20-4/h5-6,8-9,12H,7,10-11H2,1-4H3. The number of nitrogens with zero attached hydrogens (tertiary/aromatic N) is 1. The minimum absolute atomic E-state index is 0.0735. The van der Waals surface area contributed by atoms with Crippen molar-refractivity contribution in [2.75, 3.05) is 27.9 Å². The van der Waals surface area contributed by atoms with Crippen LogP contribution >= 0.6 is 0 Å². The molecule has 0 radical (unpaired) electrons. The van der Waals surface area contributed by atoms with Crippen LogP contribution in [0.15, 0.2) is 24.3 Å². The van der Waals surface area contributed by atoms with Gasteiger partial charge >= 0.3 is 8.80 Å². The summed E-state index contributed by atoms with van der Waals surface area (Å²) in [5, 5.41) is 11.0. The van der Waals surface area contributed by atoms with Crippen molar-refractivity contribution >= 4 is 14.5 Å². The summed E-state index contributed by atoms with van der Waals surface area (Å²) in [6.07, 6.45) is 0.331. The second-order valence-electron chi connectivity index (χ2n) is 4.73. The van der Waals surface area contributed by atoms with Gasteiger partial charge in [-0.15, -0.1) is 0 Å². The monoisotopic (exact) mass is 329 g/mol. The van der Waals surface area contributed by atoms with Gasteiger partial charge in [-0.1, -0.05) is 12.1 Å². The maximum atomic E-state index is 11.0. The Morgan fingerprint density at radius 3 is 2.32 bits per heavy atom. The highest BCUT2D eigenvalue weighted by molar-refractivity contribution is 6.60. The molecule has 0 saturated heterocycles. The summed E-state index contributed by atoms with van der Waals surface area (Å²) in [4.78, 5) is 10.6. The topological polar surface area (TPSA) is 80.1 Å². The Balaban J connectivity index is 2.54. The first-order valence-electron chi connectivity index (χ1n) is 7.00. The average Bonchev–Trinajstić information content (AvgIpc) is 2.55. The van der Waals surface area contributed by atoms with Gasteiger partial charge in [-0.3, -0.25) is 10.1 Å². The summed E-state index contributed by atoms with van der Waals surface area (Å²) < 4.78 is 21.7. The fourth-order valence-corrected chi connectivity index (χ4v) is 3.88. The van der Waals surface area contributed by atoms with E-state index >= 15 is 0 Å². The molecular formula is C14H23NO6Si. The zero-order valence-electron chi connectivity index (χ0n) is 13.4. The third-order valence-electron chi connectivity index (χ3n) is 3.50. The van der Waals surface area contributed by atoms with Gasteiger partial charge in [0.1, 0.15) is 0 Å². The van der Waals surface area contributed by atoms with Gasteiger partial charge in [0.15, 0.2) is 0 Å². The number of para-hydroxylation sites is 1. The molecule has 0 aliphatic carbocycles. The zero-order valence-corrected chi connectivity index (χ0v) is 14.4. The van der Waals surface area contributed by atoms with E-state index in [0.717, 1.165) is 0 Å². The van der Waals surface area contributed by atoms with E-state index in [-0.39, 0.29) is 11.8 Å². The summed E-state index contributed by atoms with van der Waals surface area (Å²) >= 11 is 0. The Hall–Kier alpha value is -1.32. The molecule has 0 heterocycles. The first-order valence-corrected chi connectivity index (χ1v) is 8.93. The molecule has 1 unspecified atom stereocenters. The lowest BCUT2D eigenvalue weighted by Gasteiger charge is -2.24. The normalized spacial score (nSPS) is 13.1. The fourth-order valence-electron chi connectivity index (χ4n) is 2.19. The maximum absolute atomic E-state index is 11.0. The van der Waals surface area contributed by atoms with Crippen LogP contribution in [0.4, 0.5) is 5.69 Å². The predicted molar refractivity (Wildman–Crippen MR) is 83.7 cm³/mol. The molecule has 0 aliphatic rings. The minimum atomic E-state index is -2.59. The minimum Gasteiger partial charge on any atom is -0.377 e. The van der Waals surface area contributed by atoms with Gasteiger partial charge < -0.3 is 18.0 Å².